The van der Waals surface area contributed by atoms with Crippen molar-refractivity contribution in [2.75, 3.05) is 26.2 Å². The van der Waals surface area contributed by atoms with Gasteiger partial charge in [0, 0.05) is 25.7 Å². The SMILES string of the molecule is c1ccc2c(c1)CN(C1CCC(c3ccc(OCCCN4CCCCC4)cc3)CC1)C2. The average Bonchev–Trinajstić information content (AvgIpc) is 3.28. The number of hydrogen-bond acceptors (Lipinski definition) is 3. The summed E-state index contributed by atoms with van der Waals surface area (Å²) in [6.45, 7) is 6.87. The first-order valence-electron chi connectivity index (χ1n) is 12.6. The molecular formula is C28H38N2O. The lowest BCUT2D eigenvalue weighted by Crippen LogP contribution is -2.33. The predicted molar refractivity (Wildman–Crippen MR) is 128 cm³/mol. The average molecular weight is 419 g/mol. The molecule has 2 aromatic rings. The van der Waals surface area contributed by atoms with Crippen molar-refractivity contribution in [3.8, 4) is 5.75 Å². The number of likely N-dealkylation sites (tertiary alicyclic amines) is 1. The highest BCUT2D eigenvalue weighted by atomic mass is 16.5. The van der Waals surface area contributed by atoms with E-state index in [1.807, 2.05) is 0 Å². The fraction of sp³-hybridized carbons (Fsp3) is 0.571. The van der Waals surface area contributed by atoms with Crippen LogP contribution in [0.25, 0.3) is 0 Å². The Kier molecular flexibility index (Phi) is 6.91. The van der Waals surface area contributed by atoms with Crippen LogP contribution in [0.1, 0.15) is 74.0 Å². The largest absolute Gasteiger partial charge is 0.494 e. The summed E-state index contributed by atoms with van der Waals surface area (Å²) in [4.78, 5) is 5.30. The van der Waals surface area contributed by atoms with Crippen LogP contribution < -0.4 is 4.74 Å². The van der Waals surface area contributed by atoms with Crippen LogP contribution in [0.4, 0.5) is 0 Å². The van der Waals surface area contributed by atoms with E-state index in [1.165, 1.54) is 81.3 Å². The van der Waals surface area contributed by atoms with Crippen molar-refractivity contribution < 1.29 is 4.74 Å². The molecule has 0 spiro atoms. The Morgan fingerprint density at radius 3 is 2.13 bits per heavy atom. The van der Waals surface area contributed by atoms with Gasteiger partial charge in [-0.2, -0.15) is 0 Å². The molecule has 1 saturated carbocycles. The second-order valence-electron chi connectivity index (χ2n) is 9.85. The summed E-state index contributed by atoms with van der Waals surface area (Å²) in [6, 6.07) is 18.7. The summed E-state index contributed by atoms with van der Waals surface area (Å²) in [7, 11) is 0. The zero-order valence-corrected chi connectivity index (χ0v) is 19.0. The van der Waals surface area contributed by atoms with Crippen LogP contribution >= 0.6 is 0 Å². The number of fused-ring (bicyclic) bond motifs is 1. The normalized spacial score (nSPS) is 24.8. The van der Waals surface area contributed by atoms with Crippen LogP contribution in [-0.2, 0) is 13.1 Å². The molecule has 0 atom stereocenters. The molecular weight excluding hydrogens is 380 g/mol. The third kappa shape index (κ3) is 5.32. The quantitative estimate of drug-likeness (QED) is 0.514. The van der Waals surface area contributed by atoms with Crippen LogP contribution in [-0.4, -0.2) is 42.1 Å². The lowest BCUT2D eigenvalue weighted by atomic mass is 9.81. The molecule has 0 radical (unpaired) electrons. The third-order valence-electron chi connectivity index (χ3n) is 7.77. The number of rotatable bonds is 7. The predicted octanol–water partition coefficient (Wildman–Crippen LogP) is 5.98. The lowest BCUT2D eigenvalue weighted by Gasteiger charge is -2.34. The summed E-state index contributed by atoms with van der Waals surface area (Å²) in [5, 5.41) is 0. The zero-order valence-electron chi connectivity index (χ0n) is 19.0. The maximum absolute atomic E-state index is 6.02. The molecule has 2 heterocycles. The monoisotopic (exact) mass is 418 g/mol. The van der Waals surface area contributed by atoms with Gasteiger partial charge in [0.05, 0.1) is 6.61 Å². The molecule has 0 amide bonds. The van der Waals surface area contributed by atoms with E-state index in [0.29, 0.717) is 0 Å². The van der Waals surface area contributed by atoms with Crippen molar-refractivity contribution in [2.24, 2.45) is 0 Å². The van der Waals surface area contributed by atoms with E-state index in [0.717, 1.165) is 43.8 Å². The highest BCUT2D eigenvalue weighted by molar-refractivity contribution is 5.31. The second-order valence-corrected chi connectivity index (χ2v) is 9.85. The van der Waals surface area contributed by atoms with E-state index >= 15 is 0 Å². The number of ether oxygens (including phenoxy) is 1. The van der Waals surface area contributed by atoms with Gasteiger partial charge in [-0.05, 0) is 92.8 Å². The van der Waals surface area contributed by atoms with Gasteiger partial charge in [-0.1, -0.05) is 42.8 Å². The van der Waals surface area contributed by atoms with Crippen molar-refractivity contribution >= 4 is 0 Å². The molecule has 166 valence electrons. The van der Waals surface area contributed by atoms with Gasteiger partial charge in [0.1, 0.15) is 5.75 Å². The zero-order chi connectivity index (χ0) is 20.9. The van der Waals surface area contributed by atoms with Crippen LogP contribution in [0.15, 0.2) is 48.5 Å². The van der Waals surface area contributed by atoms with Crippen LogP contribution in [0.2, 0.25) is 0 Å². The molecule has 0 N–H and O–H groups in total. The van der Waals surface area contributed by atoms with Gasteiger partial charge in [0.25, 0.3) is 0 Å². The van der Waals surface area contributed by atoms with Gasteiger partial charge < -0.3 is 9.64 Å². The van der Waals surface area contributed by atoms with Crippen molar-refractivity contribution in [1.82, 2.24) is 9.80 Å². The number of hydrogen-bond donors (Lipinski definition) is 0. The Morgan fingerprint density at radius 2 is 1.45 bits per heavy atom. The highest BCUT2D eigenvalue weighted by Crippen LogP contribution is 2.37. The van der Waals surface area contributed by atoms with E-state index in [1.54, 1.807) is 0 Å². The third-order valence-corrected chi connectivity index (χ3v) is 7.77. The van der Waals surface area contributed by atoms with Crippen LogP contribution in [0, 0.1) is 0 Å². The maximum atomic E-state index is 6.02. The van der Waals surface area contributed by atoms with E-state index in [-0.39, 0.29) is 0 Å². The summed E-state index contributed by atoms with van der Waals surface area (Å²) in [6.07, 6.45) is 10.6. The van der Waals surface area contributed by atoms with Crippen molar-refractivity contribution in [1.29, 1.82) is 0 Å². The molecule has 1 saturated heterocycles. The van der Waals surface area contributed by atoms with Gasteiger partial charge >= 0.3 is 0 Å². The molecule has 2 aromatic carbocycles. The fourth-order valence-electron chi connectivity index (χ4n) is 5.89. The number of nitrogens with zero attached hydrogens (tertiary/aromatic N) is 2. The summed E-state index contributed by atoms with van der Waals surface area (Å²) in [5.74, 6) is 1.75. The van der Waals surface area contributed by atoms with E-state index in [9.17, 15) is 0 Å². The van der Waals surface area contributed by atoms with E-state index in [4.69, 9.17) is 4.74 Å². The minimum absolute atomic E-state index is 0.717. The van der Waals surface area contributed by atoms with Gasteiger partial charge in [0.15, 0.2) is 0 Å². The smallest absolute Gasteiger partial charge is 0.119 e. The number of piperidine rings is 1. The molecule has 2 aliphatic heterocycles. The topological polar surface area (TPSA) is 15.7 Å². The van der Waals surface area contributed by atoms with Gasteiger partial charge in [-0.15, -0.1) is 0 Å². The first kappa shape index (κ1) is 21.0. The Balaban J connectivity index is 1.04. The molecule has 5 rings (SSSR count). The Labute approximate surface area is 188 Å². The molecule has 2 fully saturated rings. The summed E-state index contributed by atoms with van der Waals surface area (Å²) in [5.41, 5.74) is 4.58. The molecule has 0 unspecified atom stereocenters. The first-order valence-corrected chi connectivity index (χ1v) is 12.6. The Morgan fingerprint density at radius 1 is 0.774 bits per heavy atom. The first-order chi connectivity index (χ1) is 15.3. The molecule has 0 aromatic heterocycles. The van der Waals surface area contributed by atoms with Crippen molar-refractivity contribution in [2.45, 2.75) is 76.4 Å². The Bertz CT molecular complexity index is 794. The van der Waals surface area contributed by atoms with E-state index < -0.39 is 0 Å². The fourth-order valence-corrected chi connectivity index (χ4v) is 5.89. The molecule has 3 aliphatic rings. The van der Waals surface area contributed by atoms with Gasteiger partial charge in [-0.3, -0.25) is 4.90 Å². The van der Waals surface area contributed by atoms with E-state index in [2.05, 4.69) is 58.3 Å². The van der Waals surface area contributed by atoms with Gasteiger partial charge in [-0.25, -0.2) is 0 Å². The standard InChI is InChI=1S/C28H38N2O/c1-4-17-29(18-5-1)19-6-20-31-28-15-11-24(12-16-28)23-9-13-27(14-10-23)30-21-25-7-2-3-8-26(25)22-30/h2-3,7-8,11-12,15-16,23,27H,1,4-6,9-10,13-14,17-22H2. The molecule has 3 nitrogen and oxygen atoms in total. The summed E-state index contributed by atoms with van der Waals surface area (Å²) >= 11 is 0. The summed E-state index contributed by atoms with van der Waals surface area (Å²) < 4.78 is 6.02. The highest BCUT2D eigenvalue weighted by Gasteiger charge is 2.30. The molecule has 3 heteroatoms. The molecule has 1 aliphatic carbocycles. The maximum Gasteiger partial charge on any atom is 0.119 e. The van der Waals surface area contributed by atoms with Crippen LogP contribution in [0.3, 0.4) is 0 Å². The number of benzene rings is 2. The van der Waals surface area contributed by atoms with Gasteiger partial charge in [0.2, 0.25) is 0 Å². The second kappa shape index (κ2) is 10.2. The minimum atomic E-state index is 0.717. The Hall–Kier alpha value is -1.84. The molecule has 0 bridgehead atoms. The lowest BCUT2D eigenvalue weighted by molar-refractivity contribution is 0.149. The molecule has 31 heavy (non-hydrogen) atoms. The van der Waals surface area contributed by atoms with Crippen molar-refractivity contribution in [3.63, 3.8) is 0 Å². The minimum Gasteiger partial charge on any atom is -0.494 e. The van der Waals surface area contributed by atoms with Crippen molar-refractivity contribution in [3.05, 3.63) is 65.2 Å². The van der Waals surface area contributed by atoms with Crippen LogP contribution in [0.5, 0.6) is 5.75 Å².